The maximum atomic E-state index is 12.6. The molecule has 0 saturated heterocycles. The number of ether oxygens (including phenoxy) is 1. The first-order chi connectivity index (χ1) is 13.8. The van der Waals surface area contributed by atoms with Crippen molar-refractivity contribution < 1.29 is 32.4 Å². The van der Waals surface area contributed by atoms with Gasteiger partial charge in [-0.3, -0.25) is 0 Å². The van der Waals surface area contributed by atoms with Crippen molar-refractivity contribution in [3.63, 3.8) is 0 Å². The van der Waals surface area contributed by atoms with Crippen LogP contribution in [-0.2, 0) is 32.0 Å². The van der Waals surface area contributed by atoms with Gasteiger partial charge in [0.2, 0.25) is 0 Å². The lowest BCUT2D eigenvalue weighted by Crippen LogP contribution is -2.19. The van der Waals surface area contributed by atoms with Crippen LogP contribution in [0.3, 0.4) is 0 Å². The number of hydrogen-bond acceptors (Lipinski definition) is 6. The van der Waals surface area contributed by atoms with Crippen molar-refractivity contribution in [2.24, 2.45) is 10.3 Å². The average molecular weight is 408 g/mol. The molecule has 0 fully saturated rings. The Bertz CT molecular complexity index is 907. The molecule has 0 N–H and O–H groups in total. The fraction of sp³-hybridized carbons (Fsp3) is 0.250. The number of methoxy groups -OCH3 is 1. The van der Waals surface area contributed by atoms with Crippen LogP contribution in [0.5, 0.6) is 0 Å². The summed E-state index contributed by atoms with van der Waals surface area (Å²) in [6.07, 6.45) is -4.40. The second-order valence-electron chi connectivity index (χ2n) is 5.80. The predicted octanol–water partition coefficient (Wildman–Crippen LogP) is 4.17. The minimum atomic E-state index is -4.40. The first-order valence-electron chi connectivity index (χ1n) is 8.39. The molecule has 0 atom stereocenters. The molecule has 0 radical (unpaired) electrons. The monoisotopic (exact) mass is 408 g/mol. The van der Waals surface area contributed by atoms with Crippen LogP contribution >= 0.6 is 0 Å². The van der Waals surface area contributed by atoms with Crippen LogP contribution in [0, 0.1) is 0 Å². The molecular formula is C20H19F3N2O4. The SMILES string of the molecule is CO/N=C(/C(=O)OC)c1ccccc1CO/N=C(\C)c1ccc(C(F)(F)F)cc1. The van der Waals surface area contributed by atoms with E-state index in [-0.39, 0.29) is 12.3 Å². The van der Waals surface area contributed by atoms with Gasteiger partial charge in [0, 0.05) is 11.1 Å². The summed E-state index contributed by atoms with van der Waals surface area (Å²) in [5.41, 5.74) is 1.16. The second-order valence-corrected chi connectivity index (χ2v) is 5.80. The smallest absolute Gasteiger partial charge is 0.416 e. The fourth-order valence-electron chi connectivity index (χ4n) is 2.41. The van der Waals surface area contributed by atoms with E-state index in [2.05, 4.69) is 10.3 Å². The third kappa shape index (κ3) is 5.81. The summed E-state index contributed by atoms with van der Waals surface area (Å²) in [4.78, 5) is 22.0. The van der Waals surface area contributed by atoms with Crippen LogP contribution in [0.15, 0.2) is 58.8 Å². The second kappa shape index (κ2) is 9.72. The van der Waals surface area contributed by atoms with Crippen LogP contribution in [0.2, 0.25) is 0 Å². The molecule has 0 spiro atoms. The first-order valence-corrected chi connectivity index (χ1v) is 8.39. The molecule has 0 saturated carbocycles. The van der Waals surface area contributed by atoms with Gasteiger partial charge in [0.1, 0.15) is 13.7 Å². The normalized spacial score (nSPS) is 12.5. The molecule has 154 valence electrons. The number of benzene rings is 2. The zero-order valence-electron chi connectivity index (χ0n) is 16.0. The molecule has 2 aromatic carbocycles. The highest BCUT2D eigenvalue weighted by atomic mass is 19.4. The number of esters is 1. The van der Waals surface area contributed by atoms with Crippen molar-refractivity contribution in [3.05, 3.63) is 70.8 Å². The number of rotatable bonds is 7. The summed E-state index contributed by atoms with van der Waals surface area (Å²) < 4.78 is 42.6. The number of hydrogen-bond donors (Lipinski definition) is 0. The molecule has 9 heteroatoms. The largest absolute Gasteiger partial charge is 0.464 e. The molecule has 0 aliphatic heterocycles. The predicted molar refractivity (Wildman–Crippen MR) is 100 cm³/mol. The highest BCUT2D eigenvalue weighted by Crippen LogP contribution is 2.29. The summed E-state index contributed by atoms with van der Waals surface area (Å²) in [7, 11) is 2.53. The van der Waals surface area contributed by atoms with Gasteiger partial charge in [-0.25, -0.2) is 4.79 Å². The van der Waals surface area contributed by atoms with E-state index < -0.39 is 17.7 Å². The Hall–Kier alpha value is -3.36. The van der Waals surface area contributed by atoms with Crippen molar-refractivity contribution in [2.45, 2.75) is 19.7 Å². The van der Waals surface area contributed by atoms with E-state index in [1.54, 1.807) is 31.2 Å². The van der Waals surface area contributed by atoms with E-state index >= 15 is 0 Å². The number of carbonyl (C=O) groups is 1. The summed E-state index contributed by atoms with van der Waals surface area (Å²) in [5.74, 6) is -0.677. The molecule has 2 aromatic rings. The zero-order chi connectivity index (χ0) is 21.4. The average Bonchev–Trinajstić information content (AvgIpc) is 2.71. The van der Waals surface area contributed by atoms with Gasteiger partial charge in [0.15, 0.2) is 5.71 Å². The van der Waals surface area contributed by atoms with Gasteiger partial charge in [0.05, 0.1) is 18.4 Å². The fourth-order valence-corrected chi connectivity index (χ4v) is 2.41. The maximum Gasteiger partial charge on any atom is 0.416 e. The summed E-state index contributed by atoms with van der Waals surface area (Å²) in [6, 6.07) is 11.4. The minimum absolute atomic E-state index is 0.00607. The summed E-state index contributed by atoms with van der Waals surface area (Å²) >= 11 is 0. The van der Waals surface area contributed by atoms with Gasteiger partial charge in [-0.1, -0.05) is 46.7 Å². The minimum Gasteiger partial charge on any atom is -0.464 e. The van der Waals surface area contributed by atoms with Crippen molar-refractivity contribution in [2.75, 3.05) is 14.2 Å². The van der Waals surface area contributed by atoms with Gasteiger partial charge >= 0.3 is 12.1 Å². The third-order valence-electron chi connectivity index (χ3n) is 3.89. The Balaban J connectivity index is 2.16. The Labute approximate surface area is 165 Å². The molecule has 0 aromatic heterocycles. The third-order valence-corrected chi connectivity index (χ3v) is 3.89. The zero-order valence-corrected chi connectivity index (χ0v) is 16.0. The molecule has 0 aliphatic rings. The molecular weight excluding hydrogens is 389 g/mol. The van der Waals surface area contributed by atoms with Crippen molar-refractivity contribution in [1.29, 1.82) is 0 Å². The molecule has 0 unspecified atom stereocenters. The van der Waals surface area contributed by atoms with Crippen LogP contribution in [0.4, 0.5) is 13.2 Å². The molecule has 0 amide bonds. The quantitative estimate of drug-likeness (QED) is 0.392. The standard InChI is InChI=1S/C20H19F3N2O4/c1-13(14-8-10-16(11-9-14)20(21,22)23)24-29-12-15-6-4-5-7-17(15)18(25-28-3)19(26)27-2/h4-11H,12H2,1-3H3/b24-13+,25-18+. The topological polar surface area (TPSA) is 69.5 Å². The van der Waals surface area contributed by atoms with E-state index in [1.807, 2.05) is 0 Å². The summed E-state index contributed by atoms with van der Waals surface area (Å²) in [5, 5.41) is 7.64. The Morgan fingerprint density at radius 1 is 1.00 bits per heavy atom. The van der Waals surface area contributed by atoms with Crippen LogP contribution < -0.4 is 0 Å². The Morgan fingerprint density at radius 3 is 2.24 bits per heavy atom. The first kappa shape index (κ1) is 21.9. The molecule has 0 heterocycles. The Kier molecular flexibility index (Phi) is 7.35. The van der Waals surface area contributed by atoms with Crippen LogP contribution in [0.25, 0.3) is 0 Å². The van der Waals surface area contributed by atoms with Crippen molar-refractivity contribution >= 4 is 17.4 Å². The molecule has 0 aliphatic carbocycles. The number of oxime groups is 2. The number of halogens is 3. The van der Waals surface area contributed by atoms with Gasteiger partial charge in [-0.05, 0) is 24.6 Å². The van der Waals surface area contributed by atoms with Crippen LogP contribution in [0.1, 0.15) is 29.2 Å². The van der Waals surface area contributed by atoms with E-state index in [0.717, 1.165) is 12.1 Å². The van der Waals surface area contributed by atoms with Gasteiger partial charge in [-0.2, -0.15) is 13.2 Å². The van der Waals surface area contributed by atoms with E-state index in [9.17, 15) is 18.0 Å². The van der Waals surface area contributed by atoms with Gasteiger partial charge < -0.3 is 14.4 Å². The van der Waals surface area contributed by atoms with Gasteiger partial charge in [-0.15, -0.1) is 0 Å². The molecule has 2 rings (SSSR count). The molecule has 29 heavy (non-hydrogen) atoms. The van der Waals surface area contributed by atoms with Crippen molar-refractivity contribution in [3.8, 4) is 0 Å². The lowest BCUT2D eigenvalue weighted by molar-refractivity contribution is -0.137. The van der Waals surface area contributed by atoms with Crippen molar-refractivity contribution in [1.82, 2.24) is 0 Å². The van der Waals surface area contributed by atoms with E-state index in [0.29, 0.717) is 22.4 Å². The van der Waals surface area contributed by atoms with Crippen LogP contribution in [-0.4, -0.2) is 31.6 Å². The number of nitrogens with zero attached hydrogens (tertiary/aromatic N) is 2. The summed E-state index contributed by atoms with van der Waals surface area (Å²) in [6.45, 7) is 1.61. The lowest BCUT2D eigenvalue weighted by Gasteiger charge is -2.10. The Morgan fingerprint density at radius 2 is 1.66 bits per heavy atom. The highest BCUT2D eigenvalue weighted by molar-refractivity contribution is 6.43. The van der Waals surface area contributed by atoms with E-state index in [1.165, 1.54) is 26.4 Å². The number of alkyl halides is 3. The van der Waals surface area contributed by atoms with E-state index in [4.69, 9.17) is 14.4 Å². The van der Waals surface area contributed by atoms with Gasteiger partial charge in [0.25, 0.3) is 0 Å². The maximum absolute atomic E-state index is 12.6. The molecule has 0 bridgehead atoms. The molecule has 6 nitrogen and oxygen atoms in total. The number of carbonyl (C=O) groups excluding carboxylic acids is 1. The lowest BCUT2D eigenvalue weighted by atomic mass is 10.0. The highest BCUT2D eigenvalue weighted by Gasteiger charge is 2.30.